The zero-order chi connectivity index (χ0) is 24.3. The molecule has 2 aliphatic rings. The molecule has 1 aromatic heterocycles. The van der Waals surface area contributed by atoms with Gasteiger partial charge in [0.25, 0.3) is 0 Å². The molecule has 1 atom stereocenters. The molecule has 0 saturated carbocycles. The third kappa shape index (κ3) is 4.93. The Bertz CT molecular complexity index is 1130. The van der Waals surface area contributed by atoms with E-state index in [1.165, 1.54) is 0 Å². The van der Waals surface area contributed by atoms with Crippen LogP contribution in [-0.4, -0.2) is 85.0 Å². The van der Waals surface area contributed by atoms with Crippen LogP contribution in [0.25, 0.3) is 10.9 Å². The molecule has 1 aromatic carbocycles. The molecule has 0 bridgehead atoms. The van der Waals surface area contributed by atoms with Crippen molar-refractivity contribution >= 4 is 32.9 Å². The number of ether oxygens (including phenoxy) is 1. The maximum atomic E-state index is 13.2. The first-order valence-corrected chi connectivity index (χ1v) is 13.6. The van der Waals surface area contributed by atoms with Gasteiger partial charge in [0.1, 0.15) is 6.04 Å². The molecule has 34 heavy (non-hydrogen) atoms. The van der Waals surface area contributed by atoms with Gasteiger partial charge >= 0.3 is 6.09 Å². The van der Waals surface area contributed by atoms with Gasteiger partial charge in [-0.05, 0) is 51.0 Å². The second-order valence-electron chi connectivity index (χ2n) is 8.95. The third-order valence-corrected chi connectivity index (χ3v) is 8.68. The number of rotatable bonds is 5. The van der Waals surface area contributed by atoms with Crippen LogP contribution in [0.15, 0.2) is 35.4 Å². The van der Waals surface area contributed by atoms with Crippen molar-refractivity contribution in [3.63, 3.8) is 0 Å². The lowest BCUT2D eigenvalue weighted by Crippen LogP contribution is -2.52. The highest BCUT2D eigenvalue weighted by Crippen LogP contribution is 2.27. The van der Waals surface area contributed by atoms with Gasteiger partial charge in [0.05, 0.1) is 11.5 Å². The van der Waals surface area contributed by atoms with Gasteiger partial charge in [0, 0.05) is 56.4 Å². The first-order valence-electron chi connectivity index (χ1n) is 12.1. The first kappa shape index (κ1) is 24.5. The van der Waals surface area contributed by atoms with Crippen molar-refractivity contribution < 1.29 is 22.7 Å². The molecule has 0 aliphatic carbocycles. The average molecular weight is 491 g/mol. The SMILES string of the molecule is CCOC(=O)N1CCN(C(=O)[C@H](C)n2ccc3cc(S(=O)(=O)N4CCCCCC4)ccc32)CC1. The van der Waals surface area contributed by atoms with E-state index >= 15 is 0 Å². The summed E-state index contributed by atoms with van der Waals surface area (Å²) in [4.78, 5) is 28.8. The molecule has 0 radical (unpaired) electrons. The minimum absolute atomic E-state index is 0.0257. The number of fused-ring (bicyclic) bond motifs is 1. The van der Waals surface area contributed by atoms with Crippen molar-refractivity contribution in [1.29, 1.82) is 0 Å². The van der Waals surface area contributed by atoms with Crippen molar-refractivity contribution in [1.82, 2.24) is 18.7 Å². The van der Waals surface area contributed by atoms with Gasteiger partial charge in [-0.1, -0.05) is 12.8 Å². The van der Waals surface area contributed by atoms with Crippen LogP contribution in [-0.2, 0) is 19.6 Å². The van der Waals surface area contributed by atoms with Crippen LogP contribution < -0.4 is 0 Å². The van der Waals surface area contributed by atoms with Crippen molar-refractivity contribution in [2.75, 3.05) is 45.9 Å². The number of hydrogen-bond donors (Lipinski definition) is 0. The smallest absolute Gasteiger partial charge is 0.409 e. The number of piperazine rings is 1. The highest BCUT2D eigenvalue weighted by atomic mass is 32.2. The summed E-state index contributed by atoms with van der Waals surface area (Å²) in [7, 11) is -3.53. The van der Waals surface area contributed by atoms with Gasteiger partial charge in [-0.2, -0.15) is 4.31 Å². The lowest BCUT2D eigenvalue weighted by molar-refractivity contribution is -0.135. The third-order valence-electron chi connectivity index (χ3n) is 6.79. The predicted octanol–water partition coefficient (Wildman–Crippen LogP) is 3.07. The van der Waals surface area contributed by atoms with Gasteiger partial charge in [-0.25, -0.2) is 13.2 Å². The summed E-state index contributed by atoms with van der Waals surface area (Å²) in [5.74, 6) is -0.0257. The number of carbonyl (C=O) groups excluding carboxylic acids is 2. The fourth-order valence-corrected chi connectivity index (χ4v) is 6.33. The topological polar surface area (TPSA) is 92.2 Å². The van der Waals surface area contributed by atoms with E-state index in [0.717, 1.165) is 36.6 Å². The highest BCUT2D eigenvalue weighted by Gasteiger charge is 2.29. The van der Waals surface area contributed by atoms with E-state index in [4.69, 9.17) is 4.74 Å². The maximum absolute atomic E-state index is 13.2. The molecule has 2 aliphatic heterocycles. The molecule has 4 rings (SSSR count). The van der Waals surface area contributed by atoms with E-state index in [1.54, 1.807) is 39.2 Å². The second-order valence-corrected chi connectivity index (χ2v) is 10.9. The van der Waals surface area contributed by atoms with Gasteiger partial charge in [-0.3, -0.25) is 4.79 Å². The van der Waals surface area contributed by atoms with E-state index < -0.39 is 16.1 Å². The van der Waals surface area contributed by atoms with Crippen molar-refractivity contribution in [2.24, 2.45) is 0 Å². The van der Waals surface area contributed by atoms with Crippen LogP contribution in [0.1, 0.15) is 45.6 Å². The van der Waals surface area contributed by atoms with Crippen molar-refractivity contribution in [2.45, 2.75) is 50.5 Å². The molecule has 3 heterocycles. The number of carbonyl (C=O) groups is 2. The fraction of sp³-hybridized carbons (Fsp3) is 0.583. The Morgan fingerprint density at radius 2 is 1.59 bits per heavy atom. The molecule has 10 heteroatoms. The molecule has 9 nitrogen and oxygen atoms in total. The fourth-order valence-electron chi connectivity index (χ4n) is 4.78. The number of amides is 2. The highest BCUT2D eigenvalue weighted by molar-refractivity contribution is 7.89. The van der Waals surface area contributed by atoms with Crippen LogP contribution in [0.2, 0.25) is 0 Å². The summed E-state index contributed by atoms with van der Waals surface area (Å²) in [5.41, 5.74) is 0.820. The normalized spacial score (nSPS) is 19.1. The molecular weight excluding hydrogens is 456 g/mol. The summed E-state index contributed by atoms with van der Waals surface area (Å²) in [5, 5.41) is 0.794. The molecule has 0 spiro atoms. The summed E-state index contributed by atoms with van der Waals surface area (Å²) in [6.45, 7) is 6.89. The number of nitrogens with zero attached hydrogens (tertiary/aromatic N) is 4. The standard InChI is InChI=1S/C24H34N4O5S/c1-3-33-24(30)26-16-14-25(15-17-26)23(29)19(2)28-13-10-20-18-21(8-9-22(20)28)34(31,32)27-11-6-4-5-7-12-27/h8-10,13,18-19H,3-7,11-12,14-17H2,1-2H3/t19-/m0/s1. The Labute approximate surface area is 201 Å². The zero-order valence-electron chi connectivity index (χ0n) is 20.0. The van der Waals surface area contributed by atoms with Gasteiger partial charge in [-0.15, -0.1) is 0 Å². The number of sulfonamides is 1. The van der Waals surface area contributed by atoms with Crippen molar-refractivity contribution in [3.8, 4) is 0 Å². The van der Waals surface area contributed by atoms with Gasteiger partial charge in [0.2, 0.25) is 15.9 Å². The molecule has 0 N–H and O–H groups in total. The number of hydrogen-bond acceptors (Lipinski definition) is 5. The Kier molecular flexibility index (Phi) is 7.47. The van der Waals surface area contributed by atoms with E-state index in [0.29, 0.717) is 50.8 Å². The molecule has 186 valence electrons. The van der Waals surface area contributed by atoms with Gasteiger partial charge in [0.15, 0.2) is 0 Å². The molecule has 2 saturated heterocycles. The summed E-state index contributed by atoms with van der Waals surface area (Å²) < 4.78 is 34.9. The zero-order valence-corrected chi connectivity index (χ0v) is 20.8. The van der Waals surface area contributed by atoms with E-state index in [2.05, 4.69) is 0 Å². The molecular formula is C24H34N4O5S. The quantitative estimate of drug-likeness (QED) is 0.642. The number of aromatic nitrogens is 1. The molecule has 2 fully saturated rings. The van der Waals surface area contributed by atoms with E-state index in [-0.39, 0.29) is 12.0 Å². The molecule has 2 amide bonds. The van der Waals surface area contributed by atoms with Crippen LogP contribution in [0.4, 0.5) is 4.79 Å². The lowest BCUT2D eigenvalue weighted by Gasteiger charge is -2.35. The van der Waals surface area contributed by atoms with E-state index in [9.17, 15) is 18.0 Å². The Balaban J connectivity index is 1.47. The predicted molar refractivity (Wildman–Crippen MR) is 129 cm³/mol. The first-order chi connectivity index (χ1) is 16.3. The minimum Gasteiger partial charge on any atom is -0.450 e. The lowest BCUT2D eigenvalue weighted by atomic mass is 10.2. The molecule has 0 unspecified atom stereocenters. The Morgan fingerprint density at radius 3 is 2.24 bits per heavy atom. The Hall–Kier alpha value is -2.59. The van der Waals surface area contributed by atoms with E-state index in [1.807, 2.05) is 23.8 Å². The molecule has 2 aromatic rings. The Morgan fingerprint density at radius 1 is 0.941 bits per heavy atom. The summed E-state index contributed by atoms with van der Waals surface area (Å²) in [6.07, 6.45) is 5.42. The van der Waals surface area contributed by atoms with Crippen LogP contribution in [0.3, 0.4) is 0 Å². The summed E-state index contributed by atoms with van der Waals surface area (Å²) >= 11 is 0. The monoisotopic (exact) mass is 490 g/mol. The van der Waals surface area contributed by atoms with Crippen LogP contribution in [0, 0.1) is 0 Å². The number of benzene rings is 1. The largest absolute Gasteiger partial charge is 0.450 e. The van der Waals surface area contributed by atoms with Crippen LogP contribution >= 0.6 is 0 Å². The summed E-state index contributed by atoms with van der Waals surface area (Å²) in [6, 6.07) is 6.57. The van der Waals surface area contributed by atoms with Gasteiger partial charge < -0.3 is 19.1 Å². The maximum Gasteiger partial charge on any atom is 0.409 e. The second kappa shape index (κ2) is 10.4. The van der Waals surface area contributed by atoms with Crippen LogP contribution in [0.5, 0.6) is 0 Å². The van der Waals surface area contributed by atoms with Crippen molar-refractivity contribution in [3.05, 3.63) is 30.5 Å². The average Bonchev–Trinajstić information content (AvgIpc) is 3.06. The minimum atomic E-state index is -3.53.